The number of aromatic nitrogens is 1. The first-order chi connectivity index (χ1) is 7.83. The minimum atomic E-state index is 0.789. The molecule has 90 valence electrons. The molecule has 0 fully saturated rings. The summed E-state index contributed by atoms with van der Waals surface area (Å²) >= 11 is 5.12. The fraction of sp³-hybridized carbons (Fsp3) is 0.545. The van der Waals surface area contributed by atoms with Gasteiger partial charge in [-0.3, -0.25) is 0 Å². The molecule has 1 rings (SSSR count). The number of nitrogens with one attached hydrogen (secondary N) is 1. The van der Waals surface area contributed by atoms with Gasteiger partial charge >= 0.3 is 0 Å². The lowest BCUT2D eigenvalue weighted by atomic mass is 10.5. The summed E-state index contributed by atoms with van der Waals surface area (Å²) in [6, 6.07) is 4.03. The van der Waals surface area contributed by atoms with Crippen molar-refractivity contribution in [1.29, 1.82) is 0 Å². The zero-order chi connectivity index (χ0) is 11.6. The van der Waals surface area contributed by atoms with Crippen LogP contribution in [0.5, 0.6) is 0 Å². The van der Waals surface area contributed by atoms with Crippen LogP contribution in [-0.4, -0.2) is 37.0 Å². The highest BCUT2D eigenvalue weighted by atomic mass is 79.9. The first kappa shape index (κ1) is 14.0. The first-order valence-corrected chi connectivity index (χ1v) is 7.13. The topological polar surface area (TPSA) is 34.1 Å². The average molecular weight is 305 g/mol. The van der Waals surface area contributed by atoms with Gasteiger partial charge in [-0.1, -0.05) is 0 Å². The lowest BCUT2D eigenvalue weighted by Gasteiger charge is -2.04. The van der Waals surface area contributed by atoms with Crippen molar-refractivity contribution in [2.45, 2.75) is 11.9 Å². The third kappa shape index (κ3) is 6.48. The lowest BCUT2D eigenvalue weighted by Crippen LogP contribution is -2.22. The predicted octanol–water partition coefficient (Wildman–Crippen LogP) is 2.56. The fourth-order valence-corrected chi connectivity index (χ4v) is 2.07. The summed E-state index contributed by atoms with van der Waals surface area (Å²) in [5.41, 5.74) is 0. The van der Waals surface area contributed by atoms with E-state index in [0.29, 0.717) is 0 Å². The fourth-order valence-electron chi connectivity index (χ4n) is 1.09. The molecule has 1 N–H and O–H groups in total. The van der Waals surface area contributed by atoms with Gasteiger partial charge in [0, 0.05) is 36.1 Å². The van der Waals surface area contributed by atoms with E-state index in [9.17, 15) is 0 Å². The third-order valence-corrected chi connectivity index (χ3v) is 3.27. The number of rotatable bonds is 8. The number of ether oxygens (including phenoxy) is 1. The van der Waals surface area contributed by atoms with Gasteiger partial charge in [0.25, 0.3) is 0 Å². The molecule has 0 aliphatic heterocycles. The highest BCUT2D eigenvalue weighted by Crippen LogP contribution is 2.16. The number of halogens is 1. The van der Waals surface area contributed by atoms with Crippen molar-refractivity contribution < 1.29 is 4.74 Å². The molecule has 0 aliphatic rings. The highest BCUT2D eigenvalue weighted by molar-refractivity contribution is 9.10. The van der Waals surface area contributed by atoms with Crippen molar-refractivity contribution in [3.8, 4) is 0 Å². The zero-order valence-electron chi connectivity index (χ0n) is 9.41. The van der Waals surface area contributed by atoms with Gasteiger partial charge in [0.05, 0.1) is 11.6 Å². The van der Waals surface area contributed by atoms with Crippen molar-refractivity contribution in [3.05, 3.63) is 22.8 Å². The van der Waals surface area contributed by atoms with Crippen molar-refractivity contribution in [1.82, 2.24) is 10.3 Å². The second kappa shape index (κ2) is 8.98. The summed E-state index contributed by atoms with van der Waals surface area (Å²) in [5.74, 6) is 1.03. The summed E-state index contributed by atoms with van der Waals surface area (Å²) < 4.78 is 6.24. The molecule has 0 amide bonds. The lowest BCUT2D eigenvalue weighted by molar-refractivity contribution is 0.150. The van der Waals surface area contributed by atoms with E-state index in [1.165, 1.54) is 0 Å². The molecule has 0 unspecified atom stereocenters. The van der Waals surface area contributed by atoms with Gasteiger partial charge in [-0.15, -0.1) is 11.8 Å². The van der Waals surface area contributed by atoms with Gasteiger partial charge < -0.3 is 10.1 Å². The molecule has 3 nitrogen and oxygen atoms in total. The van der Waals surface area contributed by atoms with E-state index >= 15 is 0 Å². The Morgan fingerprint density at radius 1 is 1.44 bits per heavy atom. The van der Waals surface area contributed by atoms with Crippen molar-refractivity contribution in [3.63, 3.8) is 0 Å². The van der Waals surface area contributed by atoms with Crippen LogP contribution >= 0.6 is 27.7 Å². The van der Waals surface area contributed by atoms with E-state index in [0.717, 1.165) is 41.6 Å². The summed E-state index contributed by atoms with van der Waals surface area (Å²) in [6.45, 7) is 5.49. The minimum absolute atomic E-state index is 0.789. The van der Waals surface area contributed by atoms with Crippen LogP contribution in [-0.2, 0) is 4.74 Å². The van der Waals surface area contributed by atoms with Gasteiger partial charge in [0.15, 0.2) is 0 Å². The second-order valence-corrected chi connectivity index (χ2v) is 5.14. The van der Waals surface area contributed by atoms with Gasteiger partial charge in [-0.05, 0) is 35.0 Å². The monoisotopic (exact) mass is 304 g/mol. The molecule has 1 heterocycles. The van der Waals surface area contributed by atoms with Crippen molar-refractivity contribution in [2.75, 3.05) is 32.1 Å². The molecule has 0 radical (unpaired) electrons. The Balaban J connectivity index is 2.01. The quantitative estimate of drug-likeness (QED) is 0.591. The smallest absolute Gasteiger partial charge is 0.0961 e. The number of pyridine rings is 1. The van der Waals surface area contributed by atoms with E-state index in [4.69, 9.17) is 4.74 Å². The first-order valence-electron chi connectivity index (χ1n) is 5.35. The molecule has 0 spiro atoms. The molecule has 0 aliphatic carbocycles. The SMILES string of the molecule is CCOCCNCCSc1ccc(Br)cn1. The van der Waals surface area contributed by atoms with E-state index < -0.39 is 0 Å². The average Bonchev–Trinajstić information content (AvgIpc) is 2.30. The largest absolute Gasteiger partial charge is 0.380 e. The Bertz CT molecular complexity index is 282. The van der Waals surface area contributed by atoms with Crippen LogP contribution < -0.4 is 5.32 Å². The number of hydrogen-bond acceptors (Lipinski definition) is 4. The maximum absolute atomic E-state index is 5.22. The molecule has 5 heteroatoms. The maximum atomic E-state index is 5.22. The Labute approximate surface area is 109 Å². The van der Waals surface area contributed by atoms with Gasteiger partial charge in [0.2, 0.25) is 0 Å². The van der Waals surface area contributed by atoms with Crippen molar-refractivity contribution >= 4 is 27.7 Å². The molecule has 0 aromatic carbocycles. The molecule has 1 aromatic heterocycles. The standard InChI is InChI=1S/C11H17BrN2OS/c1-2-15-7-5-13-6-8-16-11-4-3-10(12)9-14-11/h3-4,9,13H,2,5-8H2,1H3. The summed E-state index contributed by atoms with van der Waals surface area (Å²) in [4.78, 5) is 4.29. The van der Waals surface area contributed by atoms with Crippen LogP contribution in [0.15, 0.2) is 27.8 Å². The number of thioether (sulfide) groups is 1. The van der Waals surface area contributed by atoms with Crippen LogP contribution in [0.2, 0.25) is 0 Å². The summed E-state index contributed by atoms with van der Waals surface area (Å²) in [6.07, 6.45) is 1.82. The van der Waals surface area contributed by atoms with E-state index in [2.05, 4.69) is 26.2 Å². The number of nitrogens with zero attached hydrogens (tertiary/aromatic N) is 1. The van der Waals surface area contributed by atoms with Gasteiger partial charge in [-0.2, -0.15) is 0 Å². The Hall–Kier alpha value is -0.100. The summed E-state index contributed by atoms with van der Waals surface area (Å²) in [5, 5.41) is 4.38. The van der Waals surface area contributed by atoms with Crippen LogP contribution in [0.4, 0.5) is 0 Å². The van der Waals surface area contributed by atoms with Crippen LogP contribution in [0, 0.1) is 0 Å². The molecule has 16 heavy (non-hydrogen) atoms. The molecule has 0 saturated carbocycles. The molecular weight excluding hydrogens is 288 g/mol. The molecule has 0 saturated heterocycles. The second-order valence-electron chi connectivity index (χ2n) is 3.11. The molecule has 0 atom stereocenters. The predicted molar refractivity (Wildman–Crippen MR) is 72.0 cm³/mol. The third-order valence-electron chi connectivity index (χ3n) is 1.86. The number of hydrogen-bond donors (Lipinski definition) is 1. The Kier molecular flexibility index (Phi) is 7.84. The molecular formula is C11H17BrN2OS. The molecule has 0 bridgehead atoms. The van der Waals surface area contributed by atoms with Crippen molar-refractivity contribution in [2.24, 2.45) is 0 Å². The van der Waals surface area contributed by atoms with E-state index in [1.54, 1.807) is 11.8 Å². The maximum Gasteiger partial charge on any atom is 0.0961 e. The Morgan fingerprint density at radius 2 is 2.31 bits per heavy atom. The van der Waals surface area contributed by atoms with Crippen LogP contribution in [0.3, 0.4) is 0 Å². The minimum Gasteiger partial charge on any atom is -0.380 e. The zero-order valence-corrected chi connectivity index (χ0v) is 11.8. The summed E-state index contributed by atoms with van der Waals surface area (Å²) in [7, 11) is 0. The van der Waals surface area contributed by atoms with E-state index in [-0.39, 0.29) is 0 Å². The normalized spacial score (nSPS) is 10.6. The highest BCUT2D eigenvalue weighted by Gasteiger charge is 1.95. The van der Waals surface area contributed by atoms with Crippen LogP contribution in [0.25, 0.3) is 0 Å². The van der Waals surface area contributed by atoms with Gasteiger partial charge in [0.1, 0.15) is 0 Å². The van der Waals surface area contributed by atoms with Crippen LogP contribution in [0.1, 0.15) is 6.92 Å². The molecule has 1 aromatic rings. The van der Waals surface area contributed by atoms with Gasteiger partial charge in [-0.25, -0.2) is 4.98 Å². The van der Waals surface area contributed by atoms with E-state index in [1.807, 2.05) is 25.3 Å². The Morgan fingerprint density at radius 3 is 3.00 bits per heavy atom.